The van der Waals surface area contributed by atoms with E-state index in [0.29, 0.717) is 39.2 Å². The van der Waals surface area contributed by atoms with Crippen LogP contribution in [0.3, 0.4) is 0 Å². The summed E-state index contributed by atoms with van der Waals surface area (Å²) in [5.41, 5.74) is 6.09. The van der Waals surface area contributed by atoms with Gasteiger partial charge in [0.1, 0.15) is 5.54 Å². The van der Waals surface area contributed by atoms with Crippen LogP contribution in [0.15, 0.2) is 24.3 Å². The second-order valence-electron chi connectivity index (χ2n) is 7.90. The number of nitro groups is 1. The number of halogens is 2. The van der Waals surface area contributed by atoms with Crippen LogP contribution in [-0.4, -0.2) is 60.2 Å². The van der Waals surface area contributed by atoms with Gasteiger partial charge in [0.05, 0.1) is 11.0 Å². The van der Waals surface area contributed by atoms with Gasteiger partial charge in [0.15, 0.2) is 0 Å². The fraction of sp³-hybridized carbons (Fsp3) is 0.632. The molecule has 1 aromatic carbocycles. The Balaban J connectivity index is 0.00000210. The maximum absolute atomic E-state index is 13.1. The maximum Gasteiger partial charge on any atom is 0.271 e. The lowest BCUT2D eigenvalue weighted by molar-refractivity contribution is -0.384. The van der Waals surface area contributed by atoms with Crippen LogP contribution in [0.4, 0.5) is 11.4 Å². The molecule has 0 radical (unpaired) electrons. The van der Waals surface area contributed by atoms with E-state index >= 15 is 0 Å². The predicted octanol–water partition coefficient (Wildman–Crippen LogP) is 2.62. The lowest BCUT2D eigenvalue weighted by atomic mass is 9.54. The van der Waals surface area contributed by atoms with Crippen LogP contribution in [0.5, 0.6) is 0 Å². The smallest absolute Gasteiger partial charge is 0.271 e. The summed E-state index contributed by atoms with van der Waals surface area (Å²) >= 11 is 0. The van der Waals surface area contributed by atoms with Crippen molar-refractivity contribution in [3.05, 3.63) is 34.4 Å². The summed E-state index contributed by atoms with van der Waals surface area (Å²) < 4.78 is 5.72. The third-order valence-electron chi connectivity index (χ3n) is 6.18. The molecule has 29 heavy (non-hydrogen) atoms. The highest BCUT2D eigenvalue weighted by atomic mass is 35.5. The van der Waals surface area contributed by atoms with E-state index in [9.17, 15) is 14.9 Å². The highest BCUT2D eigenvalue weighted by Gasteiger charge is 2.63. The molecule has 10 heteroatoms. The zero-order valence-electron chi connectivity index (χ0n) is 17.0. The Bertz CT molecular complexity index is 741. The first kappa shape index (κ1) is 25.4. The number of rotatable bonds is 5. The molecule has 1 heterocycles. The van der Waals surface area contributed by atoms with Crippen molar-refractivity contribution in [3.8, 4) is 0 Å². The average Bonchev–Trinajstić information content (AvgIpc) is 2.67. The normalized spacial score (nSPS) is 25.3. The molecule has 2 N–H and O–H groups in total. The lowest BCUT2D eigenvalue weighted by Crippen LogP contribution is -2.76. The van der Waals surface area contributed by atoms with Crippen molar-refractivity contribution in [3.63, 3.8) is 0 Å². The van der Waals surface area contributed by atoms with Gasteiger partial charge in [-0.3, -0.25) is 14.9 Å². The Labute approximate surface area is 183 Å². The minimum absolute atomic E-state index is 0. The lowest BCUT2D eigenvalue weighted by Gasteiger charge is -2.59. The number of anilines is 1. The summed E-state index contributed by atoms with van der Waals surface area (Å²) in [6, 6.07) is 6.60. The number of benzene rings is 1. The highest BCUT2D eigenvalue weighted by molar-refractivity contribution is 5.89. The van der Waals surface area contributed by atoms with E-state index in [1.54, 1.807) is 12.1 Å². The van der Waals surface area contributed by atoms with Crippen molar-refractivity contribution < 1.29 is 14.5 Å². The van der Waals surface area contributed by atoms with Gasteiger partial charge in [0.25, 0.3) is 5.69 Å². The molecule has 2 fully saturated rings. The number of non-ortho nitro benzene ring substituents is 1. The minimum atomic E-state index is -0.902. The first-order valence-corrected chi connectivity index (χ1v) is 9.40. The van der Waals surface area contributed by atoms with E-state index in [1.165, 1.54) is 6.07 Å². The molecule has 0 spiro atoms. The van der Waals surface area contributed by atoms with E-state index in [1.807, 2.05) is 31.7 Å². The van der Waals surface area contributed by atoms with Crippen LogP contribution in [0.25, 0.3) is 0 Å². The van der Waals surface area contributed by atoms with Crippen LogP contribution >= 0.6 is 24.8 Å². The Morgan fingerprint density at radius 2 is 1.90 bits per heavy atom. The van der Waals surface area contributed by atoms with Crippen molar-refractivity contribution in [1.29, 1.82) is 0 Å². The quantitative estimate of drug-likeness (QED) is 0.548. The molecule has 2 unspecified atom stereocenters. The van der Waals surface area contributed by atoms with Gasteiger partial charge >= 0.3 is 0 Å². The molecule has 164 valence electrons. The zero-order chi connectivity index (χ0) is 19.8. The van der Waals surface area contributed by atoms with Crippen molar-refractivity contribution >= 4 is 42.1 Å². The molecule has 1 saturated heterocycles. The number of nitrogens with two attached hydrogens (primary N) is 1. The Morgan fingerprint density at radius 3 is 2.41 bits per heavy atom. The Morgan fingerprint density at radius 1 is 1.28 bits per heavy atom. The summed E-state index contributed by atoms with van der Waals surface area (Å²) in [4.78, 5) is 27.6. The number of carbonyl (C=O) groups is 1. The van der Waals surface area contributed by atoms with E-state index in [2.05, 4.69) is 4.90 Å². The number of nitro benzene ring substituents is 1. The van der Waals surface area contributed by atoms with Gasteiger partial charge < -0.3 is 20.3 Å². The molecule has 1 aromatic rings. The summed E-state index contributed by atoms with van der Waals surface area (Å²) in [6.07, 6.45) is 0.542. The van der Waals surface area contributed by atoms with Crippen molar-refractivity contribution in [2.24, 2.45) is 11.1 Å². The molecule has 1 amide bonds. The number of piperazine rings is 1. The van der Waals surface area contributed by atoms with Crippen LogP contribution in [-0.2, 0) is 9.53 Å². The molecule has 0 bridgehead atoms. The van der Waals surface area contributed by atoms with Crippen molar-refractivity contribution in [2.75, 3.05) is 37.7 Å². The fourth-order valence-electron chi connectivity index (χ4n) is 4.05. The summed E-state index contributed by atoms with van der Waals surface area (Å²) in [5.74, 6) is -0.0258. The van der Waals surface area contributed by atoms with Gasteiger partial charge in [-0.05, 0) is 13.0 Å². The molecule has 2 aliphatic rings. The summed E-state index contributed by atoms with van der Waals surface area (Å²) in [6.45, 7) is 8.90. The first-order chi connectivity index (χ1) is 12.7. The molecule has 2 atom stereocenters. The Kier molecular flexibility index (Phi) is 8.30. The average molecular weight is 449 g/mol. The van der Waals surface area contributed by atoms with Gasteiger partial charge in [0.2, 0.25) is 5.91 Å². The van der Waals surface area contributed by atoms with E-state index in [-0.39, 0.29) is 42.5 Å². The standard InChI is InChI=1S/C19H28N4O4.2ClH/c1-4-27-16-13-19(20,18(16,2)3)17(24)22-10-8-21(9-11-22)14-6-5-7-15(12-14)23(25)26;;/h5-7,12,16H,4,8-11,13,20H2,1-3H3;2*1H. The highest BCUT2D eigenvalue weighted by Crippen LogP contribution is 2.50. The molecule has 1 aliphatic carbocycles. The number of amides is 1. The number of carbonyl (C=O) groups excluding carboxylic acids is 1. The Hall–Kier alpha value is -1.61. The number of hydrogen-bond acceptors (Lipinski definition) is 6. The van der Waals surface area contributed by atoms with Crippen LogP contribution in [0.2, 0.25) is 0 Å². The van der Waals surface area contributed by atoms with Crippen molar-refractivity contribution in [2.45, 2.75) is 38.8 Å². The van der Waals surface area contributed by atoms with Crippen molar-refractivity contribution in [1.82, 2.24) is 4.90 Å². The molecule has 1 aliphatic heterocycles. The van der Waals surface area contributed by atoms with E-state index in [4.69, 9.17) is 10.5 Å². The molecular formula is C19H30Cl2N4O4. The first-order valence-electron chi connectivity index (χ1n) is 9.40. The van der Waals surface area contributed by atoms with Crippen LogP contribution in [0.1, 0.15) is 27.2 Å². The van der Waals surface area contributed by atoms with Gasteiger partial charge in [-0.25, -0.2) is 0 Å². The number of hydrogen-bond donors (Lipinski definition) is 1. The molecule has 1 saturated carbocycles. The SMILES string of the molecule is CCOC1CC(N)(C(=O)N2CCN(c3cccc([N+](=O)[O-])c3)CC2)C1(C)C.Cl.Cl. The second kappa shape index (κ2) is 9.47. The van der Waals surface area contributed by atoms with Crippen LogP contribution in [0, 0.1) is 15.5 Å². The molecular weight excluding hydrogens is 419 g/mol. The second-order valence-corrected chi connectivity index (χ2v) is 7.90. The van der Waals surface area contributed by atoms with Gasteiger partial charge in [-0.2, -0.15) is 0 Å². The van der Waals surface area contributed by atoms with Crippen LogP contribution < -0.4 is 10.6 Å². The topological polar surface area (TPSA) is 102 Å². The monoisotopic (exact) mass is 448 g/mol. The molecule has 3 rings (SSSR count). The molecule has 0 aromatic heterocycles. The third-order valence-corrected chi connectivity index (χ3v) is 6.18. The summed E-state index contributed by atoms with van der Waals surface area (Å²) in [5, 5.41) is 11.0. The molecule has 8 nitrogen and oxygen atoms in total. The van der Waals surface area contributed by atoms with Gasteiger partial charge in [-0.1, -0.05) is 19.9 Å². The fourth-order valence-corrected chi connectivity index (χ4v) is 4.05. The third kappa shape index (κ3) is 4.45. The number of ether oxygens (including phenoxy) is 1. The maximum atomic E-state index is 13.1. The number of nitrogens with zero attached hydrogens (tertiary/aromatic N) is 3. The summed E-state index contributed by atoms with van der Waals surface area (Å²) in [7, 11) is 0. The largest absolute Gasteiger partial charge is 0.378 e. The van der Waals surface area contributed by atoms with E-state index < -0.39 is 15.9 Å². The van der Waals surface area contributed by atoms with E-state index in [0.717, 1.165) is 5.69 Å². The minimum Gasteiger partial charge on any atom is -0.378 e. The predicted molar refractivity (Wildman–Crippen MR) is 117 cm³/mol. The van der Waals surface area contributed by atoms with Gasteiger partial charge in [-0.15, -0.1) is 24.8 Å². The zero-order valence-corrected chi connectivity index (χ0v) is 18.6. The van der Waals surface area contributed by atoms with Gasteiger partial charge in [0, 0.05) is 62.4 Å².